The molecule has 6 rings (SSSR count). The van der Waals surface area contributed by atoms with Crippen LogP contribution in [0.2, 0.25) is 0 Å². The van der Waals surface area contributed by atoms with E-state index in [1.165, 1.54) is 18.6 Å². The first-order chi connectivity index (χ1) is 21.4. The number of carbonyl (C=O) groups excluding carboxylic acids is 3. The zero-order valence-corrected chi connectivity index (χ0v) is 27.5. The summed E-state index contributed by atoms with van der Waals surface area (Å²) in [5, 5.41) is 8.73. The van der Waals surface area contributed by atoms with Crippen LogP contribution in [0.3, 0.4) is 0 Å². The van der Waals surface area contributed by atoms with Crippen molar-refractivity contribution in [3.8, 4) is 0 Å². The van der Waals surface area contributed by atoms with Gasteiger partial charge < -0.3 is 25.3 Å². The Balaban J connectivity index is 1.31. The lowest BCUT2D eigenvalue weighted by molar-refractivity contribution is -0.199. The minimum atomic E-state index is -1.06. The van der Waals surface area contributed by atoms with Crippen LogP contribution in [0.25, 0.3) is 0 Å². The summed E-state index contributed by atoms with van der Waals surface area (Å²) in [4.78, 5) is 48.1. The van der Waals surface area contributed by atoms with Gasteiger partial charge in [-0.05, 0) is 79.9 Å². The molecule has 10 nitrogen and oxygen atoms in total. The Bertz CT molecular complexity index is 1360. The van der Waals surface area contributed by atoms with E-state index in [1.54, 1.807) is 12.1 Å². The van der Waals surface area contributed by atoms with Gasteiger partial charge in [0.1, 0.15) is 11.7 Å². The van der Waals surface area contributed by atoms with Crippen LogP contribution in [-0.4, -0.2) is 65.0 Å². The highest BCUT2D eigenvalue weighted by atomic mass is 16.7. The number of hydrogen-bond acceptors (Lipinski definition) is 7. The quantitative estimate of drug-likeness (QED) is 0.288. The van der Waals surface area contributed by atoms with Crippen molar-refractivity contribution in [2.75, 3.05) is 6.54 Å². The molecular weight excluding hydrogens is 569 g/mol. The van der Waals surface area contributed by atoms with E-state index in [1.807, 2.05) is 12.1 Å². The number of aryl methyl sites for hydroxylation is 1. The highest BCUT2D eigenvalue weighted by molar-refractivity contribution is 6.48. The Hall–Kier alpha value is -3.31. The molecule has 11 heteroatoms. The SMILES string of the molecule is CCCCc1ccc(C(=O)N[C@@H](CNC(=O)c2cnccn2)C(=O)N[C@@H](CC(C)C)B2O[C@@H]3C[C@H]4C[C@H](C4(C)C)[C@]3(C)O2)cc1. The van der Waals surface area contributed by atoms with E-state index in [2.05, 4.69) is 67.5 Å². The van der Waals surface area contributed by atoms with Gasteiger partial charge in [0.2, 0.25) is 5.91 Å². The Kier molecular flexibility index (Phi) is 9.99. The van der Waals surface area contributed by atoms with Gasteiger partial charge in [-0.1, -0.05) is 53.2 Å². The molecule has 3 saturated carbocycles. The topological polar surface area (TPSA) is 132 Å². The summed E-state index contributed by atoms with van der Waals surface area (Å²) in [5.41, 5.74) is 1.50. The third-order valence-electron chi connectivity index (χ3n) is 10.3. The molecule has 2 aromatic rings. The van der Waals surface area contributed by atoms with Crippen molar-refractivity contribution in [1.29, 1.82) is 0 Å². The third-order valence-corrected chi connectivity index (χ3v) is 10.3. The maximum Gasteiger partial charge on any atom is 0.481 e. The van der Waals surface area contributed by atoms with Crippen molar-refractivity contribution in [3.05, 3.63) is 59.7 Å². The second kappa shape index (κ2) is 13.6. The van der Waals surface area contributed by atoms with Gasteiger partial charge in [-0.3, -0.25) is 19.4 Å². The molecule has 1 aromatic heterocycles. The fourth-order valence-electron chi connectivity index (χ4n) is 7.46. The molecule has 3 N–H and O–H groups in total. The van der Waals surface area contributed by atoms with Crippen LogP contribution in [0.15, 0.2) is 42.9 Å². The molecule has 6 atom stereocenters. The first-order valence-electron chi connectivity index (χ1n) is 16.5. The zero-order chi connectivity index (χ0) is 32.4. The number of nitrogens with zero attached hydrogens (tertiary/aromatic N) is 2. The predicted octanol–water partition coefficient (Wildman–Crippen LogP) is 4.15. The Morgan fingerprint density at radius 1 is 1.04 bits per heavy atom. The average molecular weight is 618 g/mol. The van der Waals surface area contributed by atoms with Crippen LogP contribution < -0.4 is 16.0 Å². The second-order valence-corrected chi connectivity index (χ2v) is 14.2. The molecule has 4 aliphatic rings. The fraction of sp³-hybridized carbons (Fsp3) is 0.618. The van der Waals surface area contributed by atoms with Gasteiger partial charge in [0, 0.05) is 24.5 Å². The van der Waals surface area contributed by atoms with Gasteiger partial charge in [0.25, 0.3) is 11.8 Å². The molecule has 4 fully saturated rings. The highest BCUT2D eigenvalue weighted by Gasteiger charge is 2.68. The molecule has 1 aromatic carbocycles. The molecule has 0 spiro atoms. The van der Waals surface area contributed by atoms with Crippen molar-refractivity contribution in [1.82, 2.24) is 25.9 Å². The van der Waals surface area contributed by atoms with Gasteiger partial charge >= 0.3 is 7.12 Å². The zero-order valence-electron chi connectivity index (χ0n) is 27.5. The Morgan fingerprint density at radius 2 is 1.80 bits per heavy atom. The third kappa shape index (κ3) is 7.09. The minimum absolute atomic E-state index is 0.0205. The van der Waals surface area contributed by atoms with Gasteiger partial charge in [0.05, 0.1) is 23.8 Å². The van der Waals surface area contributed by atoms with E-state index in [0.717, 1.165) is 37.7 Å². The molecule has 45 heavy (non-hydrogen) atoms. The summed E-state index contributed by atoms with van der Waals surface area (Å²) in [6, 6.07) is 6.36. The molecule has 1 saturated heterocycles. The number of nitrogens with one attached hydrogen (secondary N) is 3. The molecule has 1 aliphatic heterocycles. The van der Waals surface area contributed by atoms with Crippen LogP contribution in [0, 0.1) is 23.2 Å². The van der Waals surface area contributed by atoms with Crippen molar-refractivity contribution >= 4 is 24.8 Å². The number of carbonyl (C=O) groups is 3. The van der Waals surface area contributed by atoms with Gasteiger partial charge in [-0.25, -0.2) is 4.98 Å². The van der Waals surface area contributed by atoms with Crippen molar-refractivity contribution in [3.63, 3.8) is 0 Å². The molecule has 2 bridgehead atoms. The lowest BCUT2D eigenvalue weighted by Crippen LogP contribution is -2.65. The molecule has 2 heterocycles. The Labute approximate surface area is 267 Å². The highest BCUT2D eigenvalue weighted by Crippen LogP contribution is 2.65. The lowest BCUT2D eigenvalue weighted by Gasteiger charge is -2.64. The van der Waals surface area contributed by atoms with Crippen molar-refractivity contribution in [2.45, 2.75) is 104 Å². The summed E-state index contributed by atoms with van der Waals surface area (Å²) in [6.45, 7) is 13.0. The van der Waals surface area contributed by atoms with Crippen molar-refractivity contribution < 1.29 is 23.7 Å². The minimum Gasteiger partial charge on any atom is -0.404 e. The lowest BCUT2D eigenvalue weighted by atomic mass is 9.43. The second-order valence-electron chi connectivity index (χ2n) is 14.2. The first kappa shape index (κ1) is 33.1. The van der Waals surface area contributed by atoms with Crippen LogP contribution in [0.5, 0.6) is 0 Å². The number of hydrogen-bond donors (Lipinski definition) is 3. The van der Waals surface area contributed by atoms with E-state index >= 15 is 0 Å². The van der Waals surface area contributed by atoms with E-state index in [9.17, 15) is 14.4 Å². The molecule has 0 unspecified atom stereocenters. The Morgan fingerprint density at radius 3 is 2.44 bits per heavy atom. The van der Waals surface area contributed by atoms with E-state index in [-0.39, 0.29) is 29.7 Å². The monoisotopic (exact) mass is 617 g/mol. The molecule has 0 radical (unpaired) electrons. The number of unbranched alkanes of at least 4 members (excludes halogenated alkanes) is 1. The van der Waals surface area contributed by atoms with Crippen molar-refractivity contribution in [2.24, 2.45) is 23.2 Å². The van der Waals surface area contributed by atoms with Crippen LogP contribution in [-0.2, 0) is 20.5 Å². The van der Waals surface area contributed by atoms with E-state index in [4.69, 9.17) is 9.31 Å². The number of amides is 3. The smallest absolute Gasteiger partial charge is 0.404 e. The summed E-state index contributed by atoms with van der Waals surface area (Å²) >= 11 is 0. The van der Waals surface area contributed by atoms with E-state index in [0.29, 0.717) is 23.8 Å². The summed E-state index contributed by atoms with van der Waals surface area (Å²) in [7, 11) is -0.609. The number of aromatic nitrogens is 2. The first-order valence-corrected chi connectivity index (χ1v) is 16.5. The summed E-state index contributed by atoms with van der Waals surface area (Å²) < 4.78 is 13.3. The van der Waals surface area contributed by atoms with Gasteiger partial charge in [-0.15, -0.1) is 0 Å². The predicted molar refractivity (Wildman–Crippen MR) is 172 cm³/mol. The number of benzene rings is 1. The summed E-state index contributed by atoms with van der Waals surface area (Å²) in [6.07, 6.45) is 10.0. The maximum atomic E-state index is 13.9. The van der Waals surface area contributed by atoms with E-state index < -0.39 is 42.4 Å². The molecule has 3 aliphatic carbocycles. The van der Waals surface area contributed by atoms with Crippen LogP contribution in [0.4, 0.5) is 0 Å². The van der Waals surface area contributed by atoms with Gasteiger partial charge in [-0.2, -0.15) is 0 Å². The van der Waals surface area contributed by atoms with Crippen LogP contribution >= 0.6 is 0 Å². The van der Waals surface area contributed by atoms with Crippen LogP contribution in [0.1, 0.15) is 100 Å². The summed E-state index contributed by atoms with van der Waals surface area (Å²) in [5.74, 6) is -0.502. The molecular formula is C34H48BN5O5. The average Bonchev–Trinajstić information content (AvgIpc) is 3.39. The fourth-order valence-corrected chi connectivity index (χ4v) is 7.46. The molecule has 242 valence electrons. The molecule has 3 amide bonds. The largest absolute Gasteiger partial charge is 0.481 e. The standard InChI is InChI=1S/C34H48BN5O5/c1-7-8-9-22-10-12-23(13-11-22)30(41)39-26(20-38-31(42)25-19-36-14-15-37-25)32(43)40-29(16-21(2)3)35-44-28-18-24-17-27(33(24,4)5)34(28,6)45-35/h10-15,19,21,24,26-29H,7-9,16-18,20H2,1-6H3,(H,38,42)(H,39,41)(H,40,43)/t24-,26+,27-,28-,29+,34+/m1/s1. The number of rotatable bonds is 13. The normalized spacial score (nSPS) is 25.9. The van der Waals surface area contributed by atoms with Gasteiger partial charge in [0.15, 0.2) is 0 Å². The maximum absolute atomic E-state index is 13.9.